The molecule has 0 unspecified atom stereocenters. The van der Waals surface area contributed by atoms with E-state index in [0.29, 0.717) is 24.2 Å². The average molecular weight is 428 g/mol. The highest BCUT2D eigenvalue weighted by Gasteiger charge is 2.33. The third-order valence-corrected chi connectivity index (χ3v) is 6.69. The number of sulfonamides is 1. The van der Waals surface area contributed by atoms with Gasteiger partial charge in [0.05, 0.1) is 19.4 Å². The number of fused-ring (bicyclic) bond motifs is 1. The fraction of sp³-hybridized carbons (Fsp3) is 0.238. The second-order valence-electron chi connectivity index (χ2n) is 6.62. The summed E-state index contributed by atoms with van der Waals surface area (Å²) >= 11 is 0. The Labute approximate surface area is 174 Å². The summed E-state index contributed by atoms with van der Waals surface area (Å²) in [6, 6.07) is 13.5. The lowest BCUT2D eigenvalue weighted by molar-refractivity contribution is 0.0514. The summed E-state index contributed by atoms with van der Waals surface area (Å²) in [4.78, 5) is 11.8. The minimum Gasteiger partial charge on any atom is -0.495 e. The summed E-state index contributed by atoms with van der Waals surface area (Å²) in [6.45, 7) is 2.25. The van der Waals surface area contributed by atoms with E-state index in [1.54, 1.807) is 25.1 Å². The number of carbonyl (C=O) groups is 1. The monoisotopic (exact) mass is 428 g/mol. The topological polar surface area (TPSA) is 98.9 Å². The van der Waals surface area contributed by atoms with Gasteiger partial charge in [0, 0.05) is 18.2 Å². The van der Waals surface area contributed by atoms with Crippen LogP contribution in [-0.4, -0.2) is 39.8 Å². The number of aromatic nitrogens is 1. The van der Waals surface area contributed by atoms with E-state index in [0.717, 1.165) is 5.56 Å². The average Bonchev–Trinajstić information content (AvgIpc) is 3.41. The maximum absolute atomic E-state index is 13.5. The lowest BCUT2D eigenvalue weighted by Crippen LogP contribution is -2.29. The molecule has 0 atom stereocenters. The van der Waals surface area contributed by atoms with Gasteiger partial charge >= 0.3 is 5.97 Å². The van der Waals surface area contributed by atoms with Crippen molar-refractivity contribution in [1.29, 1.82) is 0 Å². The second-order valence-corrected chi connectivity index (χ2v) is 8.45. The van der Waals surface area contributed by atoms with Crippen molar-refractivity contribution in [2.75, 3.05) is 24.6 Å². The van der Waals surface area contributed by atoms with Crippen molar-refractivity contribution < 1.29 is 27.2 Å². The summed E-state index contributed by atoms with van der Waals surface area (Å²) in [5, 5.41) is 3.71. The second kappa shape index (κ2) is 7.83. The number of hydrogen-bond donors (Lipinski definition) is 0. The number of anilines is 1. The fourth-order valence-corrected chi connectivity index (χ4v) is 5.11. The molecule has 2 aromatic carbocycles. The molecular weight excluding hydrogens is 408 g/mol. The van der Waals surface area contributed by atoms with Crippen LogP contribution in [0.4, 0.5) is 5.69 Å². The van der Waals surface area contributed by atoms with Crippen molar-refractivity contribution >= 4 is 21.7 Å². The fourth-order valence-electron chi connectivity index (χ4n) is 3.42. The first-order chi connectivity index (χ1) is 14.5. The van der Waals surface area contributed by atoms with E-state index in [2.05, 4.69) is 5.16 Å². The molecule has 0 saturated carbocycles. The van der Waals surface area contributed by atoms with Gasteiger partial charge in [0.25, 0.3) is 10.0 Å². The lowest BCUT2D eigenvalue weighted by atomic mass is 10.1. The molecule has 0 fully saturated rings. The number of para-hydroxylation sites is 1. The maximum Gasteiger partial charge on any atom is 0.360 e. The Morgan fingerprint density at radius 2 is 2.00 bits per heavy atom. The van der Waals surface area contributed by atoms with E-state index in [9.17, 15) is 13.2 Å². The van der Waals surface area contributed by atoms with Crippen molar-refractivity contribution in [2.45, 2.75) is 18.2 Å². The molecule has 0 bridgehead atoms. The minimum absolute atomic E-state index is 0.00767. The van der Waals surface area contributed by atoms with Crippen molar-refractivity contribution in [1.82, 2.24) is 5.16 Å². The Hall–Kier alpha value is -3.33. The van der Waals surface area contributed by atoms with E-state index >= 15 is 0 Å². The molecule has 3 aromatic rings. The Morgan fingerprint density at radius 3 is 2.77 bits per heavy atom. The van der Waals surface area contributed by atoms with Gasteiger partial charge in [0.1, 0.15) is 10.6 Å². The van der Waals surface area contributed by atoms with Gasteiger partial charge in [-0.05, 0) is 43.2 Å². The molecule has 30 heavy (non-hydrogen) atoms. The molecule has 1 aromatic heterocycles. The van der Waals surface area contributed by atoms with E-state index in [-0.39, 0.29) is 28.7 Å². The Morgan fingerprint density at radius 1 is 1.20 bits per heavy atom. The predicted octanol–water partition coefficient (Wildman–Crippen LogP) is 3.28. The molecule has 8 nitrogen and oxygen atoms in total. The Kier molecular flexibility index (Phi) is 5.21. The van der Waals surface area contributed by atoms with Crippen molar-refractivity contribution in [3.05, 3.63) is 59.8 Å². The molecule has 0 spiro atoms. The van der Waals surface area contributed by atoms with Crippen LogP contribution in [0.25, 0.3) is 11.3 Å². The van der Waals surface area contributed by atoms with Gasteiger partial charge in [-0.1, -0.05) is 23.4 Å². The number of benzene rings is 2. The van der Waals surface area contributed by atoms with Gasteiger partial charge < -0.3 is 14.0 Å². The van der Waals surface area contributed by atoms with Crippen LogP contribution in [0.1, 0.15) is 23.0 Å². The van der Waals surface area contributed by atoms with Crippen LogP contribution in [0, 0.1) is 0 Å². The number of carbonyl (C=O) groups excluding carboxylic acids is 1. The quantitative estimate of drug-likeness (QED) is 0.556. The predicted molar refractivity (Wildman–Crippen MR) is 109 cm³/mol. The van der Waals surface area contributed by atoms with Crippen molar-refractivity contribution in [2.24, 2.45) is 0 Å². The van der Waals surface area contributed by atoms with Crippen molar-refractivity contribution in [3.8, 4) is 17.1 Å². The zero-order chi connectivity index (χ0) is 21.3. The standard InChI is InChI=1S/C21H20N2O6S/c1-3-28-21(24)16-13-19(29-22-16)15-8-9-18(27-2)20(12-15)30(25,26)23-11-10-14-6-4-5-7-17(14)23/h4-9,12-13H,3,10-11H2,1-2H3. The molecule has 2 heterocycles. The molecule has 0 radical (unpaired) electrons. The molecule has 156 valence electrons. The van der Waals surface area contributed by atoms with Gasteiger partial charge in [-0.2, -0.15) is 0 Å². The normalized spacial score (nSPS) is 13.2. The Balaban J connectivity index is 1.75. The zero-order valence-electron chi connectivity index (χ0n) is 16.5. The van der Waals surface area contributed by atoms with Crippen LogP contribution < -0.4 is 9.04 Å². The molecule has 0 N–H and O–H groups in total. The van der Waals surface area contributed by atoms with Gasteiger partial charge in [-0.15, -0.1) is 0 Å². The number of ether oxygens (including phenoxy) is 2. The van der Waals surface area contributed by atoms with Gasteiger partial charge in [0.2, 0.25) is 0 Å². The van der Waals surface area contributed by atoms with E-state index in [1.165, 1.54) is 23.5 Å². The number of esters is 1. The SMILES string of the molecule is CCOC(=O)c1cc(-c2ccc(OC)c(S(=O)(=O)N3CCc4ccccc43)c2)on1. The first-order valence-electron chi connectivity index (χ1n) is 9.38. The first-order valence-corrected chi connectivity index (χ1v) is 10.8. The van der Waals surface area contributed by atoms with Crippen LogP contribution in [0.5, 0.6) is 5.75 Å². The highest BCUT2D eigenvalue weighted by Crippen LogP contribution is 2.37. The molecule has 4 rings (SSSR count). The lowest BCUT2D eigenvalue weighted by Gasteiger charge is -2.21. The van der Waals surface area contributed by atoms with Gasteiger partial charge in [-0.25, -0.2) is 13.2 Å². The van der Waals surface area contributed by atoms with Crippen LogP contribution in [0.3, 0.4) is 0 Å². The van der Waals surface area contributed by atoms with Crippen LogP contribution in [0.2, 0.25) is 0 Å². The number of hydrogen-bond acceptors (Lipinski definition) is 7. The van der Waals surface area contributed by atoms with Crippen molar-refractivity contribution in [3.63, 3.8) is 0 Å². The maximum atomic E-state index is 13.5. The number of rotatable bonds is 6. The molecule has 0 aliphatic carbocycles. The van der Waals surface area contributed by atoms with E-state index in [4.69, 9.17) is 14.0 Å². The van der Waals surface area contributed by atoms with E-state index < -0.39 is 16.0 Å². The van der Waals surface area contributed by atoms with E-state index in [1.807, 2.05) is 18.2 Å². The van der Waals surface area contributed by atoms with Gasteiger partial charge in [0.15, 0.2) is 11.5 Å². The molecule has 0 saturated heterocycles. The largest absolute Gasteiger partial charge is 0.495 e. The number of nitrogens with zero attached hydrogens (tertiary/aromatic N) is 2. The molecule has 1 aliphatic heterocycles. The number of methoxy groups -OCH3 is 1. The summed E-state index contributed by atoms with van der Waals surface area (Å²) < 4.78 is 43.8. The Bertz CT molecular complexity index is 1200. The summed E-state index contributed by atoms with van der Waals surface area (Å²) in [5.74, 6) is -0.144. The third kappa shape index (κ3) is 3.41. The molecule has 0 amide bonds. The van der Waals surface area contributed by atoms with Crippen LogP contribution in [0.15, 0.2) is 57.9 Å². The summed E-state index contributed by atoms with van der Waals surface area (Å²) in [7, 11) is -2.47. The zero-order valence-corrected chi connectivity index (χ0v) is 17.3. The highest BCUT2D eigenvalue weighted by molar-refractivity contribution is 7.93. The summed E-state index contributed by atoms with van der Waals surface area (Å²) in [5.41, 5.74) is 2.10. The smallest absolute Gasteiger partial charge is 0.360 e. The molecular formula is C21H20N2O6S. The first kappa shape index (κ1) is 20.0. The molecule has 9 heteroatoms. The minimum atomic E-state index is -3.89. The van der Waals surface area contributed by atoms with Crippen LogP contribution >= 0.6 is 0 Å². The highest BCUT2D eigenvalue weighted by atomic mass is 32.2. The third-order valence-electron chi connectivity index (χ3n) is 4.86. The van der Waals surface area contributed by atoms with Gasteiger partial charge in [-0.3, -0.25) is 4.31 Å². The molecule has 1 aliphatic rings. The summed E-state index contributed by atoms with van der Waals surface area (Å²) in [6.07, 6.45) is 0.641. The van der Waals surface area contributed by atoms with Crippen LogP contribution in [-0.2, 0) is 21.2 Å².